The minimum absolute atomic E-state index is 0.0155. The third kappa shape index (κ3) is 2.15. The monoisotopic (exact) mass is 315 g/mol. The lowest BCUT2D eigenvalue weighted by Crippen LogP contribution is -2.17. The molecule has 2 atom stereocenters. The number of carbonyl (C=O) groups excluding carboxylic acids is 1. The van der Waals surface area contributed by atoms with Crippen LogP contribution in [0.1, 0.15) is 30.6 Å². The van der Waals surface area contributed by atoms with Gasteiger partial charge in [0.15, 0.2) is 0 Å². The van der Waals surface area contributed by atoms with E-state index in [0.717, 1.165) is 0 Å². The highest BCUT2D eigenvalue weighted by Gasteiger charge is 2.28. The number of fused-ring (bicyclic) bond motifs is 1. The second-order valence-electron chi connectivity index (χ2n) is 4.87. The molecule has 1 N–H and O–H groups in total. The van der Waals surface area contributed by atoms with Crippen LogP contribution in [-0.4, -0.2) is 22.0 Å². The van der Waals surface area contributed by atoms with Gasteiger partial charge < -0.3 is 9.88 Å². The molecular formula is C13H12Cl2FN3O. The molecule has 7 heteroatoms. The first-order valence-electron chi connectivity index (χ1n) is 6.25. The number of nitrogens with one attached hydrogen (secondary N) is 1. The number of hydrogen-bond donors (Lipinski definition) is 1. The van der Waals surface area contributed by atoms with Gasteiger partial charge in [0.2, 0.25) is 5.91 Å². The van der Waals surface area contributed by atoms with Gasteiger partial charge in [-0.25, -0.2) is 9.37 Å². The Bertz CT molecular complexity index is 698. The Labute approximate surface area is 124 Å². The zero-order chi connectivity index (χ0) is 14.4. The summed E-state index contributed by atoms with van der Waals surface area (Å²) in [6, 6.07) is 2.75. The summed E-state index contributed by atoms with van der Waals surface area (Å²) in [5, 5.41) is 2.46. The molecule has 1 fully saturated rings. The molecule has 2 unspecified atom stereocenters. The van der Waals surface area contributed by atoms with Gasteiger partial charge >= 0.3 is 0 Å². The first kappa shape index (κ1) is 13.6. The van der Waals surface area contributed by atoms with Crippen molar-refractivity contribution in [2.45, 2.75) is 24.8 Å². The molecule has 1 saturated heterocycles. The smallest absolute Gasteiger partial charge is 0.222 e. The van der Waals surface area contributed by atoms with E-state index in [2.05, 4.69) is 10.3 Å². The fourth-order valence-corrected chi connectivity index (χ4v) is 2.86. The van der Waals surface area contributed by atoms with Gasteiger partial charge in [-0.3, -0.25) is 4.79 Å². The van der Waals surface area contributed by atoms with Crippen LogP contribution in [0.2, 0.25) is 5.02 Å². The molecule has 4 nitrogen and oxygen atoms in total. The SMILES string of the molecule is CC(Cl)c1nc2cc(F)c(Cl)cc2n1C1CNC(=O)C1. The van der Waals surface area contributed by atoms with Gasteiger partial charge in [0.25, 0.3) is 0 Å². The summed E-state index contributed by atoms with van der Waals surface area (Å²) in [6.07, 6.45) is 0.358. The highest BCUT2D eigenvalue weighted by atomic mass is 35.5. The van der Waals surface area contributed by atoms with Crippen molar-refractivity contribution in [3.05, 3.63) is 28.8 Å². The van der Waals surface area contributed by atoms with Crippen molar-refractivity contribution >= 4 is 40.1 Å². The van der Waals surface area contributed by atoms with E-state index in [-0.39, 0.29) is 22.3 Å². The van der Waals surface area contributed by atoms with Crippen LogP contribution in [0.25, 0.3) is 11.0 Å². The van der Waals surface area contributed by atoms with Crippen LogP contribution in [0, 0.1) is 5.82 Å². The lowest BCUT2D eigenvalue weighted by molar-refractivity contribution is -0.119. The summed E-state index contributed by atoms with van der Waals surface area (Å²) in [4.78, 5) is 15.8. The number of halogens is 3. The molecule has 0 saturated carbocycles. The number of rotatable bonds is 2. The predicted octanol–water partition coefficient (Wildman–Crippen LogP) is 3.19. The summed E-state index contributed by atoms with van der Waals surface area (Å²) in [7, 11) is 0. The highest BCUT2D eigenvalue weighted by molar-refractivity contribution is 6.31. The van der Waals surface area contributed by atoms with E-state index >= 15 is 0 Å². The van der Waals surface area contributed by atoms with Gasteiger partial charge in [-0.2, -0.15) is 0 Å². The number of aromatic nitrogens is 2. The van der Waals surface area contributed by atoms with Gasteiger partial charge in [0.05, 0.1) is 27.5 Å². The third-order valence-electron chi connectivity index (χ3n) is 3.44. The number of amides is 1. The number of benzene rings is 1. The molecule has 2 heterocycles. The van der Waals surface area contributed by atoms with Crippen LogP contribution >= 0.6 is 23.2 Å². The fraction of sp³-hybridized carbons (Fsp3) is 0.385. The molecule has 1 aromatic heterocycles. The van der Waals surface area contributed by atoms with Crippen LogP contribution in [0.5, 0.6) is 0 Å². The van der Waals surface area contributed by atoms with E-state index in [1.54, 1.807) is 6.92 Å². The lowest BCUT2D eigenvalue weighted by Gasteiger charge is -2.16. The van der Waals surface area contributed by atoms with E-state index < -0.39 is 5.82 Å². The van der Waals surface area contributed by atoms with E-state index in [9.17, 15) is 9.18 Å². The Morgan fingerprint density at radius 1 is 1.55 bits per heavy atom. The van der Waals surface area contributed by atoms with Crippen molar-refractivity contribution in [1.82, 2.24) is 14.9 Å². The topological polar surface area (TPSA) is 46.9 Å². The minimum atomic E-state index is -0.516. The van der Waals surface area contributed by atoms with E-state index in [0.29, 0.717) is 29.8 Å². The van der Waals surface area contributed by atoms with Crippen molar-refractivity contribution in [3.8, 4) is 0 Å². The summed E-state index contributed by atoms with van der Waals surface area (Å²) < 4.78 is 15.4. The Balaban J connectivity index is 2.23. The van der Waals surface area contributed by atoms with Crippen LogP contribution in [0.3, 0.4) is 0 Å². The van der Waals surface area contributed by atoms with Crippen molar-refractivity contribution in [1.29, 1.82) is 0 Å². The molecule has 106 valence electrons. The Hall–Kier alpha value is -1.33. The number of nitrogens with zero attached hydrogens (tertiary/aromatic N) is 2. The molecule has 1 aliphatic rings. The summed E-state index contributed by atoms with van der Waals surface area (Å²) in [5.41, 5.74) is 1.19. The first-order chi connectivity index (χ1) is 9.47. The molecular weight excluding hydrogens is 304 g/mol. The standard InChI is InChI=1S/C13H12Cl2FN3O/c1-6(14)13-18-10-4-9(16)8(15)3-11(10)19(13)7-2-12(20)17-5-7/h3-4,6-7H,2,5H2,1H3,(H,17,20). The van der Waals surface area contributed by atoms with Gasteiger partial charge in [0.1, 0.15) is 11.6 Å². The van der Waals surface area contributed by atoms with E-state index in [1.165, 1.54) is 12.1 Å². The Kier molecular flexibility index (Phi) is 3.34. The van der Waals surface area contributed by atoms with Gasteiger partial charge in [-0.15, -0.1) is 11.6 Å². The van der Waals surface area contributed by atoms with Crippen LogP contribution in [0.4, 0.5) is 4.39 Å². The lowest BCUT2D eigenvalue weighted by atomic mass is 10.2. The first-order valence-corrected chi connectivity index (χ1v) is 7.06. The highest BCUT2D eigenvalue weighted by Crippen LogP contribution is 2.32. The van der Waals surface area contributed by atoms with Gasteiger partial charge in [-0.05, 0) is 13.0 Å². The van der Waals surface area contributed by atoms with Crippen LogP contribution in [-0.2, 0) is 4.79 Å². The van der Waals surface area contributed by atoms with Crippen molar-refractivity contribution < 1.29 is 9.18 Å². The third-order valence-corrected chi connectivity index (χ3v) is 3.92. The second kappa shape index (κ2) is 4.90. The van der Waals surface area contributed by atoms with Crippen molar-refractivity contribution in [2.75, 3.05) is 6.54 Å². The number of alkyl halides is 1. The summed E-state index contributed by atoms with van der Waals surface area (Å²) in [5.74, 6) is 0.0845. The molecule has 1 aromatic carbocycles. The zero-order valence-corrected chi connectivity index (χ0v) is 12.2. The summed E-state index contributed by atoms with van der Waals surface area (Å²) in [6.45, 7) is 2.30. The fourth-order valence-electron chi connectivity index (χ4n) is 2.55. The summed E-state index contributed by atoms with van der Waals surface area (Å²) >= 11 is 12.0. The normalized spacial score (nSPS) is 20.4. The van der Waals surface area contributed by atoms with E-state index in [1.807, 2.05) is 4.57 Å². The number of hydrogen-bond acceptors (Lipinski definition) is 2. The molecule has 0 aliphatic carbocycles. The van der Waals surface area contributed by atoms with Crippen LogP contribution in [0.15, 0.2) is 12.1 Å². The Morgan fingerprint density at radius 3 is 2.90 bits per heavy atom. The van der Waals surface area contributed by atoms with Crippen molar-refractivity contribution in [3.63, 3.8) is 0 Å². The zero-order valence-electron chi connectivity index (χ0n) is 10.7. The van der Waals surface area contributed by atoms with Gasteiger partial charge in [0, 0.05) is 19.0 Å². The van der Waals surface area contributed by atoms with Crippen molar-refractivity contribution in [2.24, 2.45) is 0 Å². The predicted molar refractivity (Wildman–Crippen MR) is 75.6 cm³/mol. The second-order valence-corrected chi connectivity index (χ2v) is 5.93. The number of carbonyl (C=O) groups is 1. The maximum atomic E-state index is 13.5. The van der Waals surface area contributed by atoms with E-state index in [4.69, 9.17) is 23.2 Å². The minimum Gasteiger partial charge on any atom is -0.354 e. The van der Waals surface area contributed by atoms with Gasteiger partial charge in [-0.1, -0.05) is 11.6 Å². The molecule has 2 aromatic rings. The average Bonchev–Trinajstić information content (AvgIpc) is 2.94. The molecule has 20 heavy (non-hydrogen) atoms. The van der Waals surface area contributed by atoms with Crippen LogP contribution < -0.4 is 5.32 Å². The molecule has 1 aliphatic heterocycles. The quantitative estimate of drug-likeness (QED) is 0.865. The average molecular weight is 316 g/mol. The number of imidazole rings is 1. The molecule has 1 amide bonds. The Morgan fingerprint density at radius 2 is 2.30 bits per heavy atom. The molecule has 0 radical (unpaired) electrons. The maximum Gasteiger partial charge on any atom is 0.222 e. The molecule has 0 spiro atoms. The largest absolute Gasteiger partial charge is 0.354 e. The maximum absolute atomic E-state index is 13.5. The molecule has 0 bridgehead atoms. The molecule has 3 rings (SSSR count).